The van der Waals surface area contributed by atoms with Gasteiger partial charge in [-0.2, -0.15) is 0 Å². The van der Waals surface area contributed by atoms with E-state index in [2.05, 4.69) is 30.1 Å². The van der Waals surface area contributed by atoms with E-state index in [1.165, 1.54) is 5.56 Å². The maximum atomic E-state index is 10.7. The summed E-state index contributed by atoms with van der Waals surface area (Å²) in [5, 5.41) is 0. The Morgan fingerprint density at radius 1 is 1.10 bits per heavy atom. The van der Waals surface area contributed by atoms with Crippen molar-refractivity contribution in [1.82, 2.24) is 0 Å². The third-order valence-corrected chi connectivity index (χ3v) is 4.32. The topological polar surface area (TPSA) is 46.5 Å². The summed E-state index contributed by atoms with van der Waals surface area (Å²) < 4.78 is 21.5. The molecule has 1 aliphatic rings. The molecule has 1 aliphatic heterocycles. The van der Waals surface area contributed by atoms with Gasteiger partial charge in [-0.3, -0.25) is 4.99 Å². The highest BCUT2D eigenvalue weighted by Gasteiger charge is 2.12. The highest BCUT2D eigenvalue weighted by atomic mass is 32.2. The molecule has 0 amide bonds. The molecule has 2 aromatic rings. The summed E-state index contributed by atoms with van der Waals surface area (Å²) in [5.41, 5.74) is 5.33. The van der Waals surface area contributed by atoms with Gasteiger partial charge in [-0.05, 0) is 40.7 Å². The molecule has 0 fully saturated rings. The Bertz CT molecular complexity index is 753. The minimum absolute atomic E-state index is 0.0992. The maximum absolute atomic E-state index is 10.7. The Hall–Kier alpha value is -1.94. The van der Waals surface area contributed by atoms with Gasteiger partial charge in [-0.15, -0.1) is 0 Å². The van der Waals surface area contributed by atoms with Gasteiger partial charge >= 0.3 is 0 Å². The van der Waals surface area contributed by atoms with E-state index in [9.17, 15) is 8.42 Å². The van der Waals surface area contributed by atoms with Crippen LogP contribution < -0.4 is 0 Å². The SMILES string of the molecule is CC1C=Nc2cc(-c3ccc(C[SH](=O)=O)cc3)ccc2C1. The summed E-state index contributed by atoms with van der Waals surface area (Å²) in [4.78, 5) is 4.51. The average Bonchev–Trinajstić information content (AvgIpc) is 2.47. The molecule has 0 aromatic heterocycles. The van der Waals surface area contributed by atoms with Crippen LogP contribution in [0.4, 0.5) is 5.69 Å². The van der Waals surface area contributed by atoms with Gasteiger partial charge in [0, 0.05) is 6.21 Å². The number of hydrogen-bond acceptors (Lipinski definition) is 3. The van der Waals surface area contributed by atoms with Gasteiger partial charge in [-0.25, -0.2) is 8.42 Å². The van der Waals surface area contributed by atoms with E-state index in [0.29, 0.717) is 5.92 Å². The molecule has 0 aliphatic carbocycles. The molecule has 0 bridgehead atoms. The van der Waals surface area contributed by atoms with E-state index in [4.69, 9.17) is 0 Å². The molecule has 0 saturated heterocycles. The third kappa shape index (κ3) is 3.22. The average molecular weight is 299 g/mol. The van der Waals surface area contributed by atoms with E-state index in [0.717, 1.165) is 28.8 Å². The Morgan fingerprint density at radius 2 is 1.81 bits per heavy atom. The van der Waals surface area contributed by atoms with Crippen LogP contribution >= 0.6 is 0 Å². The molecule has 0 spiro atoms. The normalized spacial score (nSPS) is 17.0. The quantitative estimate of drug-likeness (QED) is 0.883. The predicted octanol–water partition coefficient (Wildman–Crippen LogP) is 3.36. The highest BCUT2D eigenvalue weighted by Crippen LogP contribution is 2.31. The summed E-state index contributed by atoms with van der Waals surface area (Å²) in [7, 11) is -2.37. The van der Waals surface area contributed by atoms with Crippen molar-refractivity contribution < 1.29 is 8.42 Å². The monoisotopic (exact) mass is 299 g/mol. The smallest absolute Gasteiger partial charge is 0.144 e. The van der Waals surface area contributed by atoms with Crippen molar-refractivity contribution in [2.75, 3.05) is 0 Å². The zero-order valence-electron chi connectivity index (χ0n) is 11.8. The molecule has 2 aromatic carbocycles. The molecule has 4 heteroatoms. The zero-order valence-corrected chi connectivity index (χ0v) is 12.7. The van der Waals surface area contributed by atoms with Crippen LogP contribution in [0.3, 0.4) is 0 Å². The Balaban J connectivity index is 1.90. The van der Waals surface area contributed by atoms with Crippen LogP contribution in [0.5, 0.6) is 0 Å². The second-order valence-corrected chi connectivity index (χ2v) is 6.47. The number of nitrogens with zero attached hydrogens (tertiary/aromatic N) is 1. The van der Waals surface area contributed by atoms with Gasteiger partial charge in [0.05, 0.1) is 11.4 Å². The first-order valence-electron chi connectivity index (χ1n) is 7.00. The van der Waals surface area contributed by atoms with Gasteiger partial charge in [0.1, 0.15) is 10.7 Å². The Labute approximate surface area is 126 Å². The van der Waals surface area contributed by atoms with E-state index < -0.39 is 10.7 Å². The first kappa shape index (κ1) is 14.0. The molecular weight excluding hydrogens is 282 g/mol. The van der Waals surface area contributed by atoms with Crippen molar-refractivity contribution in [1.29, 1.82) is 0 Å². The van der Waals surface area contributed by atoms with Crippen molar-refractivity contribution in [3.8, 4) is 11.1 Å². The molecule has 3 nitrogen and oxygen atoms in total. The lowest BCUT2D eigenvalue weighted by Gasteiger charge is -2.15. The molecule has 1 atom stereocenters. The summed E-state index contributed by atoms with van der Waals surface area (Å²) in [5.74, 6) is 0.596. The number of rotatable bonds is 3. The molecule has 0 N–H and O–H groups in total. The van der Waals surface area contributed by atoms with Gasteiger partial charge in [0.25, 0.3) is 0 Å². The van der Waals surface area contributed by atoms with Crippen LogP contribution in [0.2, 0.25) is 0 Å². The lowest BCUT2D eigenvalue weighted by Crippen LogP contribution is -2.05. The van der Waals surface area contributed by atoms with Gasteiger partial charge < -0.3 is 0 Å². The van der Waals surface area contributed by atoms with Crippen molar-refractivity contribution in [2.45, 2.75) is 19.1 Å². The number of benzene rings is 2. The van der Waals surface area contributed by atoms with Crippen LogP contribution in [-0.2, 0) is 22.9 Å². The second-order valence-electron chi connectivity index (χ2n) is 5.49. The largest absolute Gasteiger partial charge is 0.261 e. The summed E-state index contributed by atoms with van der Waals surface area (Å²) in [6.45, 7) is 2.17. The van der Waals surface area contributed by atoms with Crippen LogP contribution in [0.1, 0.15) is 18.1 Å². The number of hydrogen-bond donors (Lipinski definition) is 1. The molecule has 1 heterocycles. The lowest BCUT2D eigenvalue weighted by atomic mass is 9.94. The number of thiol groups is 1. The van der Waals surface area contributed by atoms with Crippen LogP contribution in [-0.4, -0.2) is 14.6 Å². The molecule has 108 valence electrons. The maximum Gasteiger partial charge on any atom is 0.144 e. The van der Waals surface area contributed by atoms with E-state index in [-0.39, 0.29) is 5.75 Å². The Morgan fingerprint density at radius 3 is 2.52 bits per heavy atom. The molecular formula is C17H17NO2S. The lowest BCUT2D eigenvalue weighted by molar-refractivity contribution is 0.614. The first-order chi connectivity index (χ1) is 10.1. The standard InChI is InChI=1S/C17H17NO2S/c1-12-8-16-7-6-15(9-17(16)18-10-12)14-4-2-13(3-5-14)11-21(19)20/h2-7,9-10,12,21H,8,11H2,1H3. The second kappa shape index (κ2) is 5.82. The summed E-state index contributed by atoms with van der Waals surface area (Å²) in [6, 6.07) is 14.0. The molecule has 0 radical (unpaired) electrons. The van der Waals surface area contributed by atoms with Gasteiger partial charge in [0.15, 0.2) is 0 Å². The fourth-order valence-electron chi connectivity index (χ4n) is 2.60. The summed E-state index contributed by atoms with van der Waals surface area (Å²) >= 11 is 0. The third-order valence-electron chi connectivity index (χ3n) is 3.69. The van der Waals surface area contributed by atoms with Gasteiger partial charge in [0.2, 0.25) is 0 Å². The fourth-order valence-corrected chi connectivity index (χ4v) is 3.10. The van der Waals surface area contributed by atoms with Crippen molar-refractivity contribution in [3.63, 3.8) is 0 Å². The van der Waals surface area contributed by atoms with E-state index in [1.54, 1.807) is 0 Å². The fraction of sp³-hybridized carbons (Fsp3) is 0.235. The Kier molecular flexibility index (Phi) is 3.88. The minimum atomic E-state index is -2.37. The van der Waals surface area contributed by atoms with E-state index >= 15 is 0 Å². The van der Waals surface area contributed by atoms with Crippen LogP contribution in [0.25, 0.3) is 11.1 Å². The molecule has 21 heavy (non-hydrogen) atoms. The molecule has 3 rings (SSSR count). The molecule has 1 unspecified atom stereocenters. The number of aliphatic imine (C=N–C) groups is 1. The van der Waals surface area contributed by atoms with Crippen LogP contribution in [0, 0.1) is 5.92 Å². The van der Waals surface area contributed by atoms with Crippen molar-refractivity contribution in [3.05, 3.63) is 53.6 Å². The summed E-state index contributed by atoms with van der Waals surface area (Å²) in [6.07, 6.45) is 3.04. The first-order valence-corrected chi connectivity index (χ1v) is 8.36. The van der Waals surface area contributed by atoms with Crippen LogP contribution in [0.15, 0.2) is 47.5 Å². The highest BCUT2D eigenvalue weighted by molar-refractivity contribution is 7.71. The van der Waals surface area contributed by atoms with Gasteiger partial charge in [-0.1, -0.05) is 43.3 Å². The molecule has 0 saturated carbocycles. The minimum Gasteiger partial charge on any atom is -0.261 e. The van der Waals surface area contributed by atoms with E-state index in [1.807, 2.05) is 30.5 Å². The van der Waals surface area contributed by atoms with Crippen molar-refractivity contribution >= 4 is 22.6 Å². The predicted molar refractivity (Wildman–Crippen MR) is 86.9 cm³/mol. The zero-order chi connectivity index (χ0) is 14.8. The van der Waals surface area contributed by atoms with Crippen molar-refractivity contribution in [2.24, 2.45) is 10.9 Å². The number of fused-ring (bicyclic) bond motifs is 1.